The smallest absolute Gasteiger partial charge is 0.407 e. The van der Waals surface area contributed by atoms with Gasteiger partial charge in [-0.05, 0) is 51.5 Å². The molecule has 1 aromatic rings. The number of amides is 1. The summed E-state index contributed by atoms with van der Waals surface area (Å²) in [5.41, 5.74) is 0.508. The highest BCUT2D eigenvalue weighted by atomic mass is 16.6. The van der Waals surface area contributed by atoms with Crippen molar-refractivity contribution in [1.29, 1.82) is 0 Å². The molecule has 0 bridgehead atoms. The Morgan fingerprint density at radius 1 is 1.17 bits per heavy atom. The van der Waals surface area contributed by atoms with Crippen molar-refractivity contribution >= 4 is 12.1 Å². The number of carboxylic acids is 1. The van der Waals surface area contributed by atoms with Gasteiger partial charge >= 0.3 is 6.09 Å². The van der Waals surface area contributed by atoms with Gasteiger partial charge < -0.3 is 20.0 Å². The van der Waals surface area contributed by atoms with Crippen LogP contribution >= 0.6 is 0 Å². The van der Waals surface area contributed by atoms with Crippen LogP contribution < -0.4 is 10.4 Å². The van der Waals surface area contributed by atoms with Crippen LogP contribution in [0.15, 0.2) is 30.3 Å². The van der Waals surface area contributed by atoms with Crippen molar-refractivity contribution in [2.24, 2.45) is 0 Å². The number of nitrogens with one attached hydrogen (secondary N) is 1. The van der Waals surface area contributed by atoms with Crippen molar-refractivity contribution in [1.82, 2.24) is 5.32 Å². The van der Waals surface area contributed by atoms with Gasteiger partial charge in [-0.2, -0.15) is 0 Å². The Morgan fingerprint density at radius 2 is 1.83 bits per heavy atom. The number of benzene rings is 1. The Morgan fingerprint density at radius 3 is 2.39 bits per heavy atom. The lowest BCUT2D eigenvalue weighted by atomic mass is 9.91. The quantitative estimate of drug-likeness (QED) is 0.747. The minimum Gasteiger partial charge on any atom is -0.550 e. The van der Waals surface area contributed by atoms with Gasteiger partial charge in [0.25, 0.3) is 0 Å². The molecule has 1 amide bonds. The maximum absolute atomic E-state index is 11.5. The predicted molar refractivity (Wildman–Crippen MR) is 86.9 cm³/mol. The molecule has 0 radical (unpaired) electrons. The van der Waals surface area contributed by atoms with Gasteiger partial charge in [0.2, 0.25) is 0 Å². The van der Waals surface area contributed by atoms with Crippen molar-refractivity contribution in [2.45, 2.75) is 58.0 Å². The molecule has 128 valence electrons. The van der Waals surface area contributed by atoms with E-state index in [9.17, 15) is 14.7 Å². The number of alkyl carbamates (subject to hydrolysis) is 1. The molecule has 1 unspecified atom stereocenters. The first-order valence-electron chi connectivity index (χ1n) is 7.99. The molecule has 0 spiro atoms. The number of ether oxygens (including phenoxy) is 1. The fourth-order valence-electron chi connectivity index (χ4n) is 2.33. The predicted octanol–water partition coefficient (Wildman–Crippen LogP) is 2.61. The Hall–Kier alpha value is -2.04. The fraction of sp³-hybridized carbons (Fsp3) is 0.556. The van der Waals surface area contributed by atoms with Crippen molar-refractivity contribution in [3.05, 3.63) is 35.9 Å². The third-order valence-electron chi connectivity index (χ3n) is 3.33. The molecule has 5 nitrogen and oxygen atoms in total. The molecule has 5 heteroatoms. The van der Waals surface area contributed by atoms with Crippen LogP contribution in [0.3, 0.4) is 0 Å². The summed E-state index contributed by atoms with van der Waals surface area (Å²) < 4.78 is 5.15. The van der Waals surface area contributed by atoms with Gasteiger partial charge in [-0.25, -0.2) is 4.79 Å². The Labute approximate surface area is 138 Å². The van der Waals surface area contributed by atoms with E-state index < -0.39 is 17.7 Å². The molecule has 1 rings (SSSR count). The summed E-state index contributed by atoms with van der Waals surface area (Å²) in [5.74, 6) is -1.09. The standard InChI is InChI=1S/C18H27NO4/c1-18(2,3)23-17(22)19-12-8-7-11-15(13-16(20)21)14-9-5-4-6-10-14/h4-6,9-10,15H,7-8,11-13H2,1-3H3,(H,19,22)(H,20,21)/p-1. The fourth-order valence-corrected chi connectivity index (χ4v) is 2.33. The molecule has 1 N–H and O–H groups in total. The van der Waals surface area contributed by atoms with Crippen LogP contribution in [0.4, 0.5) is 4.79 Å². The van der Waals surface area contributed by atoms with Crippen molar-refractivity contribution in [3.8, 4) is 0 Å². The van der Waals surface area contributed by atoms with Gasteiger partial charge in [0.1, 0.15) is 5.60 Å². The van der Waals surface area contributed by atoms with E-state index in [1.54, 1.807) is 0 Å². The van der Waals surface area contributed by atoms with E-state index >= 15 is 0 Å². The van der Waals surface area contributed by atoms with Crippen LogP contribution in [0.25, 0.3) is 0 Å². The van der Waals surface area contributed by atoms with E-state index in [2.05, 4.69) is 5.32 Å². The molecular formula is C18H26NO4-. The highest BCUT2D eigenvalue weighted by Crippen LogP contribution is 2.25. The average molecular weight is 320 g/mol. The first-order chi connectivity index (χ1) is 10.8. The lowest BCUT2D eigenvalue weighted by molar-refractivity contribution is -0.306. The summed E-state index contributed by atoms with van der Waals surface area (Å²) >= 11 is 0. The SMILES string of the molecule is CC(C)(C)OC(=O)NCCCCC(CC(=O)[O-])c1ccccc1. The number of hydrogen-bond donors (Lipinski definition) is 1. The molecule has 0 fully saturated rings. The molecule has 0 saturated carbocycles. The summed E-state index contributed by atoms with van der Waals surface area (Å²) in [6.07, 6.45) is 1.93. The Balaban J connectivity index is 2.33. The van der Waals surface area contributed by atoms with Crippen LogP contribution in [0.5, 0.6) is 0 Å². The third kappa shape index (κ3) is 8.86. The number of carbonyl (C=O) groups excluding carboxylic acids is 2. The lowest BCUT2D eigenvalue weighted by Crippen LogP contribution is -2.33. The van der Waals surface area contributed by atoms with Gasteiger partial charge in [-0.15, -0.1) is 0 Å². The van der Waals surface area contributed by atoms with Crippen LogP contribution in [-0.2, 0) is 9.53 Å². The van der Waals surface area contributed by atoms with Crippen LogP contribution in [0, 0.1) is 0 Å². The highest BCUT2D eigenvalue weighted by Gasteiger charge is 2.15. The van der Waals surface area contributed by atoms with Gasteiger partial charge in [-0.3, -0.25) is 0 Å². The molecular weight excluding hydrogens is 294 g/mol. The normalized spacial score (nSPS) is 12.5. The zero-order chi connectivity index (χ0) is 17.3. The second-order valence-corrected chi connectivity index (χ2v) is 6.61. The zero-order valence-electron chi connectivity index (χ0n) is 14.1. The van der Waals surface area contributed by atoms with Gasteiger partial charge in [0.15, 0.2) is 0 Å². The van der Waals surface area contributed by atoms with Crippen molar-refractivity contribution in [2.75, 3.05) is 6.54 Å². The van der Waals surface area contributed by atoms with Crippen LogP contribution in [0.2, 0.25) is 0 Å². The molecule has 0 aliphatic carbocycles. The average Bonchev–Trinajstić information content (AvgIpc) is 2.44. The summed E-state index contributed by atoms with van der Waals surface area (Å²) in [7, 11) is 0. The third-order valence-corrected chi connectivity index (χ3v) is 3.33. The first-order valence-corrected chi connectivity index (χ1v) is 7.99. The topological polar surface area (TPSA) is 78.5 Å². The van der Waals surface area contributed by atoms with E-state index in [1.165, 1.54) is 0 Å². The summed E-state index contributed by atoms with van der Waals surface area (Å²) in [6, 6.07) is 9.59. The molecule has 0 aliphatic heterocycles. The first kappa shape index (κ1) is 19.0. The number of carboxylic acid groups (broad SMARTS) is 1. The summed E-state index contributed by atoms with van der Waals surface area (Å²) in [5, 5.41) is 13.6. The largest absolute Gasteiger partial charge is 0.550 e. The van der Waals surface area contributed by atoms with Gasteiger partial charge in [0, 0.05) is 12.5 Å². The van der Waals surface area contributed by atoms with E-state index in [0.29, 0.717) is 6.54 Å². The monoisotopic (exact) mass is 320 g/mol. The molecule has 0 heterocycles. The zero-order valence-corrected chi connectivity index (χ0v) is 14.1. The molecule has 1 aromatic carbocycles. The number of carbonyl (C=O) groups is 2. The molecule has 1 atom stereocenters. The number of hydrogen-bond acceptors (Lipinski definition) is 4. The van der Waals surface area contributed by atoms with Crippen molar-refractivity contribution in [3.63, 3.8) is 0 Å². The summed E-state index contributed by atoms with van der Waals surface area (Å²) in [6.45, 7) is 5.96. The minimum atomic E-state index is -1.04. The maximum atomic E-state index is 11.5. The molecule has 0 aliphatic rings. The number of unbranched alkanes of at least 4 members (excludes halogenated alkanes) is 1. The van der Waals surface area contributed by atoms with E-state index in [-0.39, 0.29) is 12.3 Å². The van der Waals surface area contributed by atoms with E-state index in [0.717, 1.165) is 24.8 Å². The second-order valence-electron chi connectivity index (χ2n) is 6.61. The second kappa shape index (κ2) is 9.18. The Bertz CT molecular complexity index is 493. The Kier molecular flexibility index (Phi) is 7.59. The molecule has 23 heavy (non-hydrogen) atoms. The summed E-state index contributed by atoms with van der Waals surface area (Å²) in [4.78, 5) is 22.4. The van der Waals surface area contributed by atoms with Crippen LogP contribution in [0.1, 0.15) is 57.9 Å². The molecule has 0 aromatic heterocycles. The van der Waals surface area contributed by atoms with Gasteiger partial charge in [0.05, 0.1) is 0 Å². The van der Waals surface area contributed by atoms with Crippen LogP contribution in [-0.4, -0.2) is 24.2 Å². The van der Waals surface area contributed by atoms with Crippen molar-refractivity contribution < 1.29 is 19.4 Å². The number of rotatable bonds is 8. The van der Waals surface area contributed by atoms with E-state index in [4.69, 9.17) is 4.74 Å². The lowest BCUT2D eigenvalue weighted by Gasteiger charge is -2.20. The number of aliphatic carboxylic acids is 1. The molecule has 0 saturated heterocycles. The highest BCUT2D eigenvalue weighted by molar-refractivity contribution is 5.67. The van der Waals surface area contributed by atoms with E-state index in [1.807, 2.05) is 51.1 Å². The minimum absolute atomic E-state index is 0.0174. The maximum Gasteiger partial charge on any atom is 0.407 e. The van der Waals surface area contributed by atoms with Gasteiger partial charge in [-0.1, -0.05) is 36.8 Å².